The molecule has 0 spiro atoms. The second-order valence-electron chi connectivity index (χ2n) is 15.8. The standard InChI is InChI=1S/C43H48N4O17S/c1-5-23-24-15-22(48)9-10-28(24)45-33-25(23)17-47-30(33)16-27-26(38(47)53)19-60-41(56)43(27,7-3)62-20-46(12-13-65(4,58)59)42(57)61-18-21-8-11-31(29(14-21)44-32(49)6-2)63-40-36(52)34(50)35(51)37(64-40)39(54)55/h8-11,14-16,34-37,40,48,50-52H,5-7,12-13,17-20H2,1-4H3,(H,44,49)(H,54,55)/t34-,35-,36+,37-,40+,43-/m0/s1. The average molecular weight is 925 g/mol. The number of hydrogen-bond donors (Lipinski definition) is 6. The van der Waals surface area contributed by atoms with Crippen LogP contribution in [0.5, 0.6) is 11.5 Å². The molecule has 0 radical (unpaired) electrons. The van der Waals surface area contributed by atoms with Crippen molar-refractivity contribution in [3.05, 3.63) is 80.6 Å². The Morgan fingerprint density at radius 3 is 2.45 bits per heavy atom. The molecule has 7 rings (SSSR count). The molecule has 6 N–H and O–H groups in total. The number of aliphatic hydroxyl groups is 3. The summed E-state index contributed by atoms with van der Waals surface area (Å²) in [5.74, 6) is -3.60. The second kappa shape index (κ2) is 18.4. The number of phenolic OH excluding ortho intramolecular Hbond substituents is 1. The van der Waals surface area contributed by atoms with Gasteiger partial charge in [0, 0.05) is 35.7 Å². The van der Waals surface area contributed by atoms with Gasteiger partial charge in [0.1, 0.15) is 59.6 Å². The van der Waals surface area contributed by atoms with Gasteiger partial charge in [-0.15, -0.1) is 0 Å². The Labute approximate surface area is 371 Å². The number of rotatable bonds is 15. The summed E-state index contributed by atoms with van der Waals surface area (Å²) in [4.78, 5) is 71.7. The van der Waals surface area contributed by atoms with Crippen molar-refractivity contribution < 1.29 is 76.8 Å². The van der Waals surface area contributed by atoms with E-state index in [4.69, 9.17) is 28.7 Å². The van der Waals surface area contributed by atoms with Crippen molar-refractivity contribution in [2.75, 3.05) is 30.6 Å². The third kappa shape index (κ3) is 9.09. The molecule has 0 aliphatic carbocycles. The molecule has 3 aliphatic heterocycles. The number of cyclic esters (lactones) is 1. The monoisotopic (exact) mass is 924 g/mol. The summed E-state index contributed by atoms with van der Waals surface area (Å²) in [6.07, 6.45) is -9.23. The van der Waals surface area contributed by atoms with Crippen LogP contribution in [-0.2, 0) is 74.9 Å². The van der Waals surface area contributed by atoms with E-state index in [0.29, 0.717) is 23.3 Å². The van der Waals surface area contributed by atoms with E-state index in [9.17, 15) is 57.9 Å². The van der Waals surface area contributed by atoms with Gasteiger partial charge in [-0.2, -0.15) is 0 Å². The van der Waals surface area contributed by atoms with Crippen molar-refractivity contribution >= 4 is 50.4 Å². The molecule has 2 aromatic heterocycles. The lowest BCUT2D eigenvalue weighted by Crippen LogP contribution is -2.61. The number of carboxylic acids is 1. The van der Waals surface area contributed by atoms with Crippen LogP contribution < -0.4 is 15.6 Å². The average Bonchev–Trinajstić information content (AvgIpc) is 3.63. The molecule has 0 unspecified atom stereocenters. The van der Waals surface area contributed by atoms with E-state index >= 15 is 0 Å². The maximum absolute atomic E-state index is 14.2. The minimum atomic E-state index is -3.67. The number of aliphatic carboxylic acids is 1. The van der Waals surface area contributed by atoms with Crippen molar-refractivity contribution in [3.63, 3.8) is 0 Å². The van der Waals surface area contributed by atoms with E-state index in [1.54, 1.807) is 36.6 Å². The maximum Gasteiger partial charge on any atom is 0.411 e. The highest BCUT2D eigenvalue weighted by molar-refractivity contribution is 7.90. The van der Waals surface area contributed by atoms with Gasteiger partial charge in [-0.05, 0) is 60.4 Å². The predicted octanol–water partition coefficient (Wildman–Crippen LogP) is 1.63. The molecule has 2 aromatic carbocycles. The number of benzene rings is 2. The number of aryl methyl sites for hydroxylation is 1. The Kier molecular flexibility index (Phi) is 13.2. The van der Waals surface area contributed by atoms with Gasteiger partial charge in [0.2, 0.25) is 12.2 Å². The van der Waals surface area contributed by atoms with E-state index in [2.05, 4.69) is 5.32 Å². The first-order valence-electron chi connectivity index (χ1n) is 20.6. The first-order chi connectivity index (χ1) is 30.8. The van der Waals surface area contributed by atoms with E-state index in [0.717, 1.165) is 27.7 Å². The quantitative estimate of drug-likeness (QED) is 0.0642. The van der Waals surface area contributed by atoms with Crippen LogP contribution in [0.15, 0.2) is 47.3 Å². The molecule has 5 heterocycles. The lowest BCUT2D eigenvalue weighted by atomic mass is 9.85. The summed E-state index contributed by atoms with van der Waals surface area (Å²) in [6.45, 7) is 3.33. The summed E-state index contributed by atoms with van der Waals surface area (Å²) in [6, 6.07) is 10.5. The van der Waals surface area contributed by atoms with Crippen molar-refractivity contribution in [2.45, 2.75) is 96.1 Å². The Morgan fingerprint density at radius 2 is 1.77 bits per heavy atom. The number of aromatic nitrogens is 2. The van der Waals surface area contributed by atoms with Crippen LogP contribution in [0.4, 0.5) is 10.5 Å². The number of fused-ring (bicyclic) bond motifs is 5. The number of esters is 1. The molecule has 0 saturated carbocycles. The zero-order chi connectivity index (χ0) is 47.1. The van der Waals surface area contributed by atoms with Crippen molar-refractivity contribution in [1.82, 2.24) is 14.5 Å². The summed E-state index contributed by atoms with van der Waals surface area (Å²) in [5, 5.41) is 53.8. The largest absolute Gasteiger partial charge is 0.508 e. The Bertz CT molecular complexity index is 2740. The lowest BCUT2D eigenvalue weighted by Gasteiger charge is -2.38. The smallest absolute Gasteiger partial charge is 0.411 e. The molecule has 65 heavy (non-hydrogen) atoms. The van der Waals surface area contributed by atoms with Crippen molar-refractivity contribution in [3.8, 4) is 22.9 Å². The molecule has 4 aromatic rings. The first-order valence-corrected chi connectivity index (χ1v) is 22.7. The van der Waals surface area contributed by atoms with Gasteiger partial charge in [-0.3, -0.25) is 14.5 Å². The Hall–Kier alpha value is -6.17. The number of anilines is 1. The SMILES string of the molecule is CCC(=O)Nc1cc(COC(=O)N(CCS(C)(=O)=O)CO[C@]2(CC)C(=O)OCc3c2cc2n(c3=O)Cc3c-2nc2ccc(O)cc2c3CC)ccc1O[C@@H]1O[C@H](C(=O)O)[C@@H](O)[C@H](O)[C@H]1O. The van der Waals surface area contributed by atoms with E-state index < -0.39 is 101 Å². The molecular weight excluding hydrogens is 877 g/mol. The Morgan fingerprint density at radius 1 is 1.02 bits per heavy atom. The third-order valence-electron chi connectivity index (χ3n) is 11.6. The number of hydrogen-bond acceptors (Lipinski definition) is 17. The van der Waals surface area contributed by atoms with Gasteiger partial charge in [0.05, 0.1) is 40.5 Å². The molecule has 348 valence electrons. The van der Waals surface area contributed by atoms with Crippen LogP contribution >= 0.6 is 0 Å². The van der Waals surface area contributed by atoms with Crippen molar-refractivity contribution in [1.29, 1.82) is 0 Å². The van der Waals surface area contributed by atoms with Crippen LogP contribution in [0.25, 0.3) is 22.3 Å². The normalized spacial score (nSPS) is 22.3. The zero-order valence-corrected chi connectivity index (χ0v) is 36.5. The lowest BCUT2D eigenvalue weighted by molar-refractivity contribution is -0.271. The maximum atomic E-state index is 14.2. The van der Waals surface area contributed by atoms with Crippen molar-refractivity contribution in [2.24, 2.45) is 0 Å². The predicted molar refractivity (Wildman–Crippen MR) is 226 cm³/mol. The number of nitrogens with one attached hydrogen (secondary N) is 1. The van der Waals surface area contributed by atoms with Gasteiger partial charge in [-0.1, -0.05) is 26.8 Å². The van der Waals surface area contributed by atoms with E-state index in [1.165, 1.54) is 24.3 Å². The van der Waals surface area contributed by atoms with Gasteiger partial charge in [0.25, 0.3) is 5.56 Å². The van der Waals surface area contributed by atoms with Crippen LogP contribution in [0.1, 0.15) is 61.4 Å². The van der Waals surface area contributed by atoms with Crippen LogP contribution in [0.3, 0.4) is 0 Å². The summed E-state index contributed by atoms with van der Waals surface area (Å²) < 4.78 is 54.5. The zero-order valence-electron chi connectivity index (χ0n) is 35.7. The fourth-order valence-corrected chi connectivity index (χ4v) is 8.62. The third-order valence-corrected chi connectivity index (χ3v) is 12.5. The van der Waals surface area contributed by atoms with Gasteiger partial charge < -0.3 is 59.1 Å². The molecule has 22 heteroatoms. The fraction of sp³-hybridized carbons (Fsp3) is 0.442. The topological polar surface area (TPSA) is 300 Å². The minimum Gasteiger partial charge on any atom is -0.508 e. The molecule has 21 nitrogen and oxygen atoms in total. The molecule has 1 fully saturated rings. The highest BCUT2D eigenvalue weighted by atomic mass is 32.2. The number of phenols is 1. The highest BCUT2D eigenvalue weighted by Crippen LogP contribution is 2.42. The molecule has 3 aliphatic rings. The number of amides is 2. The molecule has 6 atom stereocenters. The van der Waals surface area contributed by atoms with Gasteiger partial charge in [-0.25, -0.2) is 27.8 Å². The number of aromatic hydroxyl groups is 1. The number of aliphatic hydroxyl groups excluding tert-OH is 3. The van der Waals surface area contributed by atoms with Crippen LogP contribution in [0, 0.1) is 0 Å². The van der Waals surface area contributed by atoms with Gasteiger partial charge >= 0.3 is 18.0 Å². The van der Waals surface area contributed by atoms with E-state index in [-0.39, 0.29) is 59.9 Å². The number of carbonyl (C=O) groups is 4. The summed E-state index contributed by atoms with van der Waals surface area (Å²) >= 11 is 0. The molecule has 2 amide bonds. The first kappa shape index (κ1) is 46.8. The number of sulfone groups is 1. The molecule has 1 saturated heterocycles. The fourth-order valence-electron chi connectivity index (χ4n) is 8.07. The van der Waals surface area contributed by atoms with Crippen LogP contribution in [0.2, 0.25) is 0 Å². The Balaban J connectivity index is 1.15. The van der Waals surface area contributed by atoms with Gasteiger partial charge in [0.15, 0.2) is 11.7 Å². The number of carboxylic acid groups (broad SMARTS) is 1. The number of pyridine rings is 2. The number of ether oxygens (including phenoxy) is 5. The summed E-state index contributed by atoms with van der Waals surface area (Å²) in [7, 11) is -3.67. The molecular formula is C43H48N4O17S. The number of carbonyl (C=O) groups excluding carboxylic acids is 3. The summed E-state index contributed by atoms with van der Waals surface area (Å²) in [5.41, 5.74) is 1.37. The second-order valence-corrected chi connectivity index (χ2v) is 18.1. The van der Waals surface area contributed by atoms with E-state index in [1.807, 2.05) is 6.92 Å². The molecule has 0 bridgehead atoms. The highest BCUT2D eigenvalue weighted by Gasteiger charge is 2.50. The number of nitrogens with zero attached hydrogens (tertiary/aromatic N) is 3. The minimum absolute atomic E-state index is 0.00445. The van der Waals surface area contributed by atoms with Crippen LogP contribution in [-0.4, -0.2) is 128 Å².